The van der Waals surface area contributed by atoms with Gasteiger partial charge in [-0.2, -0.15) is 0 Å². The number of rotatable bonds is 9. The maximum absolute atomic E-state index is 12.7. The van der Waals surface area contributed by atoms with Crippen LogP contribution in [0.1, 0.15) is 24.5 Å². The number of carbonyl (C=O) groups excluding carboxylic acids is 1. The first-order chi connectivity index (χ1) is 13.3. The maximum Gasteiger partial charge on any atom is 0.244 e. The summed E-state index contributed by atoms with van der Waals surface area (Å²) in [5.41, 5.74) is 2.67. The zero-order valence-electron chi connectivity index (χ0n) is 16.8. The van der Waals surface area contributed by atoms with Crippen LogP contribution in [0.2, 0.25) is 0 Å². The van der Waals surface area contributed by atoms with Crippen LogP contribution >= 0.6 is 0 Å². The Morgan fingerprint density at radius 1 is 1.11 bits per heavy atom. The summed E-state index contributed by atoms with van der Waals surface area (Å²) < 4.78 is 31.6. The van der Waals surface area contributed by atoms with Crippen molar-refractivity contribution in [3.63, 3.8) is 0 Å². The highest BCUT2D eigenvalue weighted by atomic mass is 32.2. The molecule has 0 saturated carbocycles. The Morgan fingerprint density at radius 2 is 1.79 bits per heavy atom. The summed E-state index contributed by atoms with van der Waals surface area (Å²) in [7, 11) is -3.62. The standard InChI is InChI=1S/C21H28N2O4S/c1-5-19(23(28(4,25)26)18-11-7-6-8-12-18)21(24)22-14-15-27-20-13-9-10-16(2)17(20)3/h6-13,19H,5,14-15H2,1-4H3,(H,22,24)/t19-/m0/s1. The molecule has 1 amide bonds. The van der Waals surface area contributed by atoms with Crippen LogP contribution in [0.25, 0.3) is 0 Å². The van der Waals surface area contributed by atoms with Crippen molar-refractivity contribution in [2.75, 3.05) is 23.7 Å². The fourth-order valence-electron chi connectivity index (χ4n) is 2.97. The van der Waals surface area contributed by atoms with E-state index < -0.39 is 16.1 Å². The molecule has 2 aromatic carbocycles. The fourth-order valence-corrected chi connectivity index (χ4v) is 4.18. The first kappa shape index (κ1) is 21.8. The Hall–Kier alpha value is -2.54. The van der Waals surface area contributed by atoms with Gasteiger partial charge in [0.2, 0.25) is 15.9 Å². The van der Waals surface area contributed by atoms with Crippen molar-refractivity contribution in [1.82, 2.24) is 5.32 Å². The lowest BCUT2D eigenvalue weighted by Gasteiger charge is -2.30. The van der Waals surface area contributed by atoms with Crippen molar-refractivity contribution in [2.24, 2.45) is 0 Å². The Labute approximate surface area is 167 Å². The number of aryl methyl sites for hydroxylation is 1. The van der Waals surface area contributed by atoms with Gasteiger partial charge in [0.15, 0.2) is 0 Å². The van der Waals surface area contributed by atoms with Gasteiger partial charge in [-0.25, -0.2) is 8.42 Å². The SMILES string of the molecule is CC[C@@H](C(=O)NCCOc1cccc(C)c1C)N(c1ccccc1)S(C)(=O)=O. The summed E-state index contributed by atoms with van der Waals surface area (Å²) in [5.74, 6) is 0.435. The number of nitrogens with zero attached hydrogens (tertiary/aromatic N) is 1. The van der Waals surface area contributed by atoms with E-state index >= 15 is 0 Å². The molecule has 1 atom stereocenters. The zero-order chi connectivity index (χ0) is 20.7. The highest BCUT2D eigenvalue weighted by Gasteiger charge is 2.31. The fraction of sp³-hybridized carbons (Fsp3) is 0.381. The Balaban J connectivity index is 2.03. The number of sulfonamides is 1. The molecule has 0 bridgehead atoms. The van der Waals surface area contributed by atoms with Crippen LogP contribution in [0.3, 0.4) is 0 Å². The van der Waals surface area contributed by atoms with Gasteiger partial charge in [-0.1, -0.05) is 37.3 Å². The highest BCUT2D eigenvalue weighted by molar-refractivity contribution is 7.92. The van der Waals surface area contributed by atoms with Crippen molar-refractivity contribution in [1.29, 1.82) is 0 Å². The molecular weight excluding hydrogens is 376 g/mol. The van der Waals surface area contributed by atoms with Gasteiger partial charge in [-0.15, -0.1) is 0 Å². The second-order valence-corrected chi connectivity index (χ2v) is 8.52. The summed E-state index contributed by atoms with van der Waals surface area (Å²) in [4.78, 5) is 12.7. The average Bonchev–Trinajstić information content (AvgIpc) is 2.65. The van der Waals surface area contributed by atoms with Crippen molar-refractivity contribution in [3.8, 4) is 5.75 Å². The number of ether oxygens (including phenoxy) is 1. The first-order valence-corrected chi connectivity index (χ1v) is 11.1. The monoisotopic (exact) mass is 404 g/mol. The molecular formula is C21H28N2O4S. The Morgan fingerprint density at radius 3 is 2.39 bits per heavy atom. The molecule has 0 fully saturated rings. The third-order valence-electron chi connectivity index (χ3n) is 4.55. The molecule has 28 heavy (non-hydrogen) atoms. The first-order valence-electron chi connectivity index (χ1n) is 9.27. The molecule has 0 aromatic heterocycles. The van der Waals surface area contributed by atoms with E-state index in [0.29, 0.717) is 18.7 Å². The molecule has 7 heteroatoms. The Bertz CT molecular complexity index is 898. The highest BCUT2D eigenvalue weighted by Crippen LogP contribution is 2.22. The molecule has 0 aliphatic heterocycles. The molecule has 6 nitrogen and oxygen atoms in total. The molecule has 2 aromatic rings. The molecule has 0 aliphatic rings. The second-order valence-electron chi connectivity index (χ2n) is 6.66. The Kier molecular flexibility index (Phi) is 7.45. The predicted octanol–water partition coefficient (Wildman–Crippen LogP) is 3.04. The van der Waals surface area contributed by atoms with Crippen molar-refractivity contribution < 1.29 is 17.9 Å². The molecule has 0 saturated heterocycles. The summed E-state index contributed by atoms with van der Waals surface area (Å²) in [5, 5.41) is 2.79. The van der Waals surface area contributed by atoms with Gasteiger partial charge in [0.25, 0.3) is 0 Å². The molecule has 0 unspecified atom stereocenters. The normalized spacial score (nSPS) is 12.3. The minimum Gasteiger partial charge on any atom is -0.491 e. The number of nitrogens with one attached hydrogen (secondary N) is 1. The summed E-state index contributed by atoms with van der Waals surface area (Å²) in [6.07, 6.45) is 1.46. The van der Waals surface area contributed by atoms with E-state index in [-0.39, 0.29) is 12.5 Å². The number of amides is 1. The van der Waals surface area contributed by atoms with Gasteiger partial charge in [0.05, 0.1) is 18.5 Å². The third kappa shape index (κ3) is 5.48. The number of benzene rings is 2. The molecule has 0 aliphatic carbocycles. The number of anilines is 1. The van der Waals surface area contributed by atoms with E-state index in [1.54, 1.807) is 37.3 Å². The van der Waals surface area contributed by atoms with Gasteiger partial charge >= 0.3 is 0 Å². The molecule has 152 valence electrons. The smallest absolute Gasteiger partial charge is 0.244 e. The third-order valence-corrected chi connectivity index (χ3v) is 5.73. The molecule has 0 spiro atoms. The topological polar surface area (TPSA) is 75.7 Å². The minimum atomic E-state index is -3.62. The van der Waals surface area contributed by atoms with Crippen molar-refractivity contribution >= 4 is 21.6 Å². The maximum atomic E-state index is 12.7. The zero-order valence-corrected chi connectivity index (χ0v) is 17.6. The molecule has 2 rings (SSSR count). The van der Waals surface area contributed by atoms with E-state index in [1.807, 2.05) is 32.0 Å². The molecule has 0 radical (unpaired) electrons. The molecule has 0 heterocycles. The number of hydrogen-bond acceptors (Lipinski definition) is 4. The van der Waals surface area contributed by atoms with Crippen molar-refractivity contribution in [2.45, 2.75) is 33.2 Å². The number of carbonyl (C=O) groups is 1. The van der Waals surface area contributed by atoms with Gasteiger partial charge in [0, 0.05) is 0 Å². The van der Waals surface area contributed by atoms with Gasteiger partial charge in [0.1, 0.15) is 18.4 Å². The van der Waals surface area contributed by atoms with Crippen LogP contribution in [0.15, 0.2) is 48.5 Å². The van der Waals surface area contributed by atoms with Crippen LogP contribution in [0, 0.1) is 13.8 Å². The van der Waals surface area contributed by atoms with E-state index in [1.165, 1.54) is 4.31 Å². The summed E-state index contributed by atoms with van der Waals surface area (Å²) >= 11 is 0. The lowest BCUT2D eigenvalue weighted by molar-refractivity contribution is -0.122. The van der Waals surface area contributed by atoms with Crippen LogP contribution < -0.4 is 14.4 Å². The lowest BCUT2D eigenvalue weighted by atomic mass is 10.1. The largest absolute Gasteiger partial charge is 0.491 e. The van der Waals surface area contributed by atoms with Gasteiger partial charge < -0.3 is 10.1 Å². The van der Waals surface area contributed by atoms with E-state index in [4.69, 9.17) is 4.74 Å². The predicted molar refractivity (Wildman–Crippen MR) is 112 cm³/mol. The minimum absolute atomic E-state index is 0.287. The average molecular weight is 405 g/mol. The number of hydrogen-bond donors (Lipinski definition) is 1. The quantitative estimate of drug-likeness (QED) is 0.652. The van der Waals surface area contributed by atoms with E-state index in [0.717, 1.165) is 23.1 Å². The summed E-state index contributed by atoms with van der Waals surface area (Å²) in [6, 6.07) is 13.7. The van der Waals surface area contributed by atoms with E-state index in [9.17, 15) is 13.2 Å². The van der Waals surface area contributed by atoms with Gasteiger partial charge in [-0.05, 0) is 49.6 Å². The number of para-hydroxylation sites is 1. The van der Waals surface area contributed by atoms with Crippen LogP contribution in [-0.4, -0.2) is 39.8 Å². The van der Waals surface area contributed by atoms with Crippen LogP contribution in [0.4, 0.5) is 5.69 Å². The summed E-state index contributed by atoms with van der Waals surface area (Å²) in [6.45, 7) is 6.38. The lowest BCUT2D eigenvalue weighted by Crippen LogP contribution is -2.49. The van der Waals surface area contributed by atoms with Crippen LogP contribution in [-0.2, 0) is 14.8 Å². The molecule has 1 N–H and O–H groups in total. The van der Waals surface area contributed by atoms with Crippen molar-refractivity contribution in [3.05, 3.63) is 59.7 Å². The van der Waals surface area contributed by atoms with Gasteiger partial charge in [-0.3, -0.25) is 9.10 Å². The van der Waals surface area contributed by atoms with E-state index in [2.05, 4.69) is 5.32 Å². The second kappa shape index (κ2) is 9.59. The van der Waals surface area contributed by atoms with Crippen LogP contribution in [0.5, 0.6) is 5.75 Å².